The lowest BCUT2D eigenvalue weighted by molar-refractivity contribution is -0.137. The molecule has 1 rings (SSSR count). The van der Waals surface area contributed by atoms with E-state index in [0.717, 1.165) is 0 Å². The van der Waals surface area contributed by atoms with Crippen LogP contribution in [-0.2, 0) is 4.79 Å². The van der Waals surface area contributed by atoms with E-state index in [1.807, 2.05) is 0 Å². The third-order valence-corrected chi connectivity index (χ3v) is 2.29. The van der Waals surface area contributed by atoms with Crippen LogP contribution in [0.15, 0.2) is 18.2 Å². The van der Waals surface area contributed by atoms with Crippen LogP contribution in [0.2, 0.25) is 0 Å². The molecule has 0 unspecified atom stereocenters. The summed E-state index contributed by atoms with van der Waals surface area (Å²) >= 11 is 0. The topological polar surface area (TPSA) is 78.4 Å². The number of carboxylic acids is 1. The SMILES string of the molecule is Cc1cc(F)ccc1NC(=O)NCCCC(=O)O. The lowest BCUT2D eigenvalue weighted by Gasteiger charge is -2.09. The molecule has 0 aromatic heterocycles. The molecule has 0 heterocycles. The Balaban J connectivity index is 2.38. The zero-order valence-corrected chi connectivity index (χ0v) is 10.00. The molecule has 3 N–H and O–H groups in total. The van der Waals surface area contributed by atoms with E-state index in [-0.39, 0.29) is 18.8 Å². The maximum atomic E-state index is 12.8. The molecule has 0 bridgehead atoms. The molecule has 0 saturated heterocycles. The van der Waals surface area contributed by atoms with Gasteiger partial charge in [0.2, 0.25) is 0 Å². The Kier molecular flexibility index (Phi) is 5.10. The smallest absolute Gasteiger partial charge is 0.319 e. The van der Waals surface area contributed by atoms with Crippen molar-refractivity contribution in [2.75, 3.05) is 11.9 Å². The first kappa shape index (κ1) is 14.0. The summed E-state index contributed by atoms with van der Waals surface area (Å²) in [6.45, 7) is 1.96. The van der Waals surface area contributed by atoms with Gasteiger partial charge in [-0.15, -0.1) is 0 Å². The fourth-order valence-corrected chi connectivity index (χ4v) is 1.38. The molecule has 0 radical (unpaired) electrons. The monoisotopic (exact) mass is 254 g/mol. The molecular formula is C12H15FN2O3. The summed E-state index contributed by atoms with van der Waals surface area (Å²) in [6, 6.07) is 3.62. The highest BCUT2D eigenvalue weighted by atomic mass is 19.1. The number of aliphatic carboxylic acids is 1. The third kappa shape index (κ3) is 4.82. The van der Waals surface area contributed by atoms with Gasteiger partial charge in [-0.05, 0) is 37.1 Å². The molecular weight excluding hydrogens is 239 g/mol. The first-order valence-electron chi connectivity index (χ1n) is 5.52. The van der Waals surface area contributed by atoms with Crippen LogP contribution >= 0.6 is 0 Å². The molecule has 0 atom stereocenters. The quantitative estimate of drug-likeness (QED) is 0.704. The van der Waals surface area contributed by atoms with Crippen LogP contribution in [0.4, 0.5) is 14.9 Å². The molecule has 1 aromatic carbocycles. The third-order valence-electron chi connectivity index (χ3n) is 2.29. The van der Waals surface area contributed by atoms with Crippen LogP contribution < -0.4 is 10.6 Å². The lowest BCUT2D eigenvalue weighted by Crippen LogP contribution is -2.30. The Hall–Kier alpha value is -2.11. The maximum Gasteiger partial charge on any atom is 0.319 e. The minimum absolute atomic E-state index is 0.00978. The van der Waals surface area contributed by atoms with Gasteiger partial charge in [-0.25, -0.2) is 9.18 Å². The van der Waals surface area contributed by atoms with Crippen molar-refractivity contribution in [2.45, 2.75) is 19.8 Å². The van der Waals surface area contributed by atoms with Gasteiger partial charge >= 0.3 is 12.0 Å². The number of anilines is 1. The number of benzene rings is 1. The number of carboxylic acid groups (broad SMARTS) is 1. The van der Waals surface area contributed by atoms with Gasteiger partial charge in [0.05, 0.1) is 0 Å². The van der Waals surface area contributed by atoms with Gasteiger partial charge in [-0.3, -0.25) is 4.79 Å². The van der Waals surface area contributed by atoms with Crippen LogP contribution in [0.25, 0.3) is 0 Å². The highest BCUT2D eigenvalue weighted by Gasteiger charge is 2.05. The van der Waals surface area contributed by atoms with E-state index in [0.29, 0.717) is 17.7 Å². The highest BCUT2D eigenvalue weighted by Crippen LogP contribution is 2.15. The van der Waals surface area contributed by atoms with Crippen molar-refractivity contribution in [3.05, 3.63) is 29.6 Å². The molecule has 98 valence electrons. The fourth-order valence-electron chi connectivity index (χ4n) is 1.38. The molecule has 0 aliphatic carbocycles. The molecule has 18 heavy (non-hydrogen) atoms. The van der Waals surface area contributed by atoms with Crippen molar-refractivity contribution < 1.29 is 19.1 Å². The Bertz CT molecular complexity index is 449. The fraction of sp³-hybridized carbons (Fsp3) is 0.333. The molecule has 5 nitrogen and oxygen atoms in total. The largest absolute Gasteiger partial charge is 0.481 e. The second-order valence-electron chi connectivity index (χ2n) is 3.84. The molecule has 0 saturated carbocycles. The molecule has 0 aliphatic rings. The molecule has 0 aliphatic heterocycles. The average Bonchev–Trinajstić information content (AvgIpc) is 2.28. The van der Waals surface area contributed by atoms with Crippen LogP contribution in [0, 0.1) is 12.7 Å². The zero-order chi connectivity index (χ0) is 13.5. The van der Waals surface area contributed by atoms with Crippen LogP contribution in [0.1, 0.15) is 18.4 Å². The molecule has 2 amide bonds. The van der Waals surface area contributed by atoms with E-state index < -0.39 is 12.0 Å². The van der Waals surface area contributed by atoms with Crippen molar-refractivity contribution in [3.63, 3.8) is 0 Å². The normalized spacial score (nSPS) is 9.89. The predicted molar refractivity (Wildman–Crippen MR) is 65.0 cm³/mol. The highest BCUT2D eigenvalue weighted by molar-refractivity contribution is 5.90. The number of hydrogen-bond donors (Lipinski definition) is 3. The Morgan fingerprint density at radius 1 is 1.39 bits per heavy atom. The number of halogens is 1. The summed E-state index contributed by atoms with van der Waals surface area (Å²) in [5.41, 5.74) is 1.14. The minimum Gasteiger partial charge on any atom is -0.481 e. The number of aryl methyl sites for hydroxylation is 1. The second kappa shape index (κ2) is 6.58. The first-order valence-corrected chi connectivity index (χ1v) is 5.52. The van der Waals surface area contributed by atoms with Crippen molar-refractivity contribution in [2.24, 2.45) is 0 Å². The summed E-state index contributed by atoms with van der Waals surface area (Å²) in [4.78, 5) is 21.7. The van der Waals surface area contributed by atoms with E-state index in [1.165, 1.54) is 18.2 Å². The standard InChI is InChI=1S/C12H15FN2O3/c1-8-7-9(13)4-5-10(8)15-12(18)14-6-2-3-11(16)17/h4-5,7H,2-3,6H2,1H3,(H,16,17)(H2,14,15,18). The first-order chi connectivity index (χ1) is 8.49. The van der Waals surface area contributed by atoms with Crippen molar-refractivity contribution in [3.8, 4) is 0 Å². The number of urea groups is 1. The molecule has 6 heteroatoms. The van der Waals surface area contributed by atoms with Crippen molar-refractivity contribution >= 4 is 17.7 Å². The van der Waals surface area contributed by atoms with E-state index in [2.05, 4.69) is 10.6 Å². The maximum absolute atomic E-state index is 12.8. The van der Waals surface area contributed by atoms with Gasteiger partial charge in [0, 0.05) is 18.7 Å². The van der Waals surface area contributed by atoms with Gasteiger partial charge in [0.1, 0.15) is 5.82 Å². The van der Waals surface area contributed by atoms with E-state index in [1.54, 1.807) is 6.92 Å². The van der Waals surface area contributed by atoms with Gasteiger partial charge in [-0.2, -0.15) is 0 Å². The van der Waals surface area contributed by atoms with Crippen LogP contribution in [-0.4, -0.2) is 23.7 Å². The van der Waals surface area contributed by atoms with Crippen LogP contribution in [0.5, 0.6) is 0 Å². The number of carbonyl (C=O) groups excluding carboxylic acids is 1. The zero-order valence-electron chi connectivity index (χ0n) is 10.00. The summed E-state index contributed by atoms with van der Waals surface area (Å²) < 4.78 is 12.8. The Morgan fingerprint density at radius 3 is 2.72 bits per heavy atom. The summed E-state index contributed by atoms with van der Waals surface area (Å²) in [7, 11) is 0. The number of nitrogens with one attached hydrogen (secondary N) is 2. The summed E-state index contributed by atoms with van der Waals surface area (Å²) in [6.07, 6.45) is 0.376. The average molecular weight is 254 g/mol. The lowest BCUT2D eigenvalue weighted by atomic mass is 10.2. The second-order valence-corrected chi connectivity index (χ2v) is 3.84. The Morgan fingerprint density at radius 2 is 2.11 bits per heavy atom. The minimum atomic E-state index is -0.897. The van der Waals surface area contributed by atoms with Crippen LogP contribution in [0.3, 0.4) is 0 Å². The number of amides is 2. The van der Waals surface area contributed by atoms with Gasteiger partial charge in [0.25, 0.3) is 0 Å². The van der Waals surface area contributed by atoms with E-state index >= 15 is 0 Å². The molecule has 1 aromatic rings. The van der Waals surface area contributed by atoms with E-state index in [9.17, 15) is 14.0 Å². The molecule has 0 fully saturated rings. The predicted octanol–water partition coefficient (Wildman–Crippen LogP) is 2.12. The van der Waals surface area contributed by atoms with Gasteiger partial charge in [-0.1, -0.05) is 0 Å². The van der Waals surface area contributed by atoms with Gasteiger partial charge in [0.15, 0.2) is 0 Å². The van der Waals surface area contributed by atoms with Crippen molar-refractivity contribution in [1.29, 1.82) is 0 Å². The number of hydrogen-bond acceptors (Lipinski definition) is 2. The molecule has 0 spiro atoms. The number of carbonyl (C=O) groups is 2. The summed E-state index contributed by atoms with van der Waals surface area (Å²) in [5, 5.41) is 13.5. The van der Waals surface area contributed by atoms with E-state index in [4.69, 9.17) is 5.11 Å². The van der Waals surface area contributed by atoms with Gasteiger partial charge < -0.3 is 15.7 Å². The summed E-state index contributed by atoms with van der Waals surface area (Å²) in [5.74, 6) is -1.26. The van der Waals surface area contributed by atoms with Crippen molar-refractivity contribution in [1.82, 2.24) is 5.32 Å². The number of rotatable bonds is 5. The Labute approximate surface area is 104 Å².